The molecule has 0 saturated heterocycles. The van der Waals surface area contributed by atoms with Crippen molar-refractivity contribution in [1.29, 1.82) is 0 Å². The average Bonchev–Trinajstić information content (AvgIpc) is 2.66. The van der Waals surface area contributed by atoms with E-state index in [2.05, 4.69) is 5.32 Å². The third-order valence-electron chi connectivity index (χ3n) is 3.86. The van der Waals surface area contributed by atoms with Gasteiger partial charge in [0, 0.05) is 11.0 Å². The van der Waals surface area contributed by atoms with Gasteiger partial charge in [-0.25, -0.2) is 0 Å². The van der Waals surface area contributed by atoms with E-state index in [4.69, 9.17) is 9.47 Å². The van der Waals surface area contributed by atoms with Gasteiger partial charge in [0.1, 0.15) is 11.5 Å². The molecule has 2 aromatic carbocycles. The van der Waals surface area contributed by atoms with Crippen LogP contribution in [0.1, 0.15) is 28.4 Å². The van der Waals surface area contributed by atoms with Crippen molar-refractivity contribution in [2.24, 2.45) is 0 Å². The number of carboxylic acid groups (broad SMARTS) is 1. The van der Waals surface area contributed by atoms with Gasteiger partial charge < -0.3 is 19.9 Å². The molecular weight excluding hydrogens is 354 g/mol. The van der Waals surface area contributed by atoms with Gasteiger partial charge >= 0.3 is 5.97 Å². The standard InChI is InChI=1S/C19H21NO5S/c1-24-13-6-9-15(17(10-13)25-2)19(23)20-16(11-18(21)22)12-4-7-14(26-3)8-5-12/h4-10,16H,11H2,1-3H3,(H,20,23)(H,21,22). The molecule has 26 heavy (non-hydrogen) atoms. The largest absolute Gasteiger partial charge is 0.497 e. The van der Waals surface area contributed by atoms with Crippen LogP contribution in [0.25, 0.3) is 0 Å². The number of carboxylic acids is 1. The summed E-state index contributed by atoms with van der Waals surface area (Å²) in [5.74, 6) is -0.488. The molecule has 0 fully saturated rings. The number of rotatable bonds is 8. The summed E-state index contributed by atoms with van der Waals surface area (Å²) in [7, 11) is 2.98. The molecule has 0 aliphatic heterocycles. The van der Waals surface area contributed by atoms with Crippen LogP contribution in [0.15, 0.2) is 47.4 Å². The second kappa shape index (κ2) is 9.15. The number of benzene rings is 2. The highest BCUT2D eigenvalue weighted by atomic mass is 32.2. The maximum Gasteiger partial charge on any atom is 0.305 e. The number of hydrogen-bond acceptors (Lipinski definition) is 5. The van der Waals surface area contributed by atoms with Gasteiger partial charge in [0.2, 0.25) is 0 Å². The fraction of sp³-hybridized carbons (Fsp3) is 0.263. The summed E-state index contributed by atoms with van der Waals surface area (Å²) in [5.41, 5.74) is 1.04. The Kier molecular flexibility index (Phi) is 6.91. The molecule has 2 aromatic rings. The first kappa shape index (κ1) is 19.7. The lowest BCUT2D eigenvalue weighted by molar-refractivity contribution is -0.137. The molecule has 2 N–H and O–H groups in total. The predicted octanol–water partition coefficient (Wildman–Crippen LogP) is 3.37. The summed E-state index contributed by atoms with van der Waals surface area (Å²) < 4.78 is 10.4. The Morgan fingerprint density at radius 3 is 2.35 bits per heavy atom. The number of amides is 1. The van der Waals surface area contributed by atoms with E-state index >= 15 is 0 Å². The van der Waals surface area contributed by atoms with E-state index < -0.39 is 17.9 Å². The van der Waals surface area contributed by atoms with Crippen LogP contribution in [-0.4, -0.2) is 37.5 Å². The molecule has 0 saturated carbocycles. The van der Waals surface area contributed by atoms with Crippen LogP contribution in [0.3, 0.4) is 0 Å². The molecule has 0 aliphatic rings. The number of hydrogen-bond donors (Lipinski definition) is 2. The third-order valence-corrected chi connectivity index (χ3v) is 4.60. The Bertz CT molecular complexity index is 776. The topological polar surface area (TPSA) is 84.9 Å². The highest BCUT2D eigenvalue weighted by molar-refractivity contribution is 7.98. The molecule has 0 bridgehead atoms. The monoisotopic (exact) mass is 375 g/mol. The van der Waals surface area contributed by atoms with Crippen molar-refractivity contribution in [2.45, 2.75) is 17.4 Å². The Morgan fingerprint density at radius 1 is 1.12 bits per heavy atom. The molecule has 7 heteroatoms. The molecule has 1 amide bonds. The fourth-order valence-corrected chi connectivity index (χ4v) is 2.89. The summed E-state index contributed by atoms with van der Waals surface area (Å²) in [4.78, 5) is 25.0. The third kappa shape index (κ3) is 4.92. The normalized spacial score (nSPS) is 11.5. The number of aliphatic carboxylic acids is 1. The van der Waals surface area contributed by atoms with Crippen LogP contribution >= 0.6 is 11.8 Å². The van der Waals surface area contributed by atoms with E-state index in [1.807, 2.05) is 30.5 Å². The summed E-state index contributed by atoms with van der Waals surface area (Å²) in [6, 6.07) is 11.6. The Morgan fingerprint density at radius 2 is 1.81 bits per heavy atom. The van der Waals surface area contributed by atoms with E-state index in [1.54, 1.807) is 30.0 Å². The van der Waals surface area contributed by atoms with Gasteiger partial charge in [0.15, 0.2) is 0 Å². The van der Waals surface area contributed by atoms with Gasteiger partial charge in [-0.2, -0.15) is 0 Å². The predicted molar refractivity (Wildman–Crippen MR) is 100 cm³/mol. The molecule has 1 unspecified atom stereocenters. The van der Waals surface area contributed by atoms with Crippen LogP contribution in [0.4, 0.5) is 0 Å². The lowest BCUT2D eigenvalue weighted by atomic mass is 10.0. The number of carbonyl (C=O) groups is 2. The molecule has 0 spiro atoms. The van der Waals surface area contributed by atoms with E-state index in [-0.39, 0.29) is 6.42 Å². The first-order chi connectivity index (χ1) is 12.5. The van der Waals surface area contributed by atoms with Gasteiger partial charge in [-0.3, -0.25) is 9.59 Å². The highest BCUT2D eigenvalue weighted by Gasteiger charge is 2.21. The van der Waals surface area contributed by atoms with E-state index in [0.717, 1.165) is 10.5 Å². The molecule has 0 heterocycles. The van der Waals surface area contributed by atoms with Crippen molar-refractivity contribution in [3.8, 4) is 11.5 Å². The van der Waals surface area contributed by atoms with Crippen molar-refractivity contribution < 1.29 is 24.2 Å². The molecule has 2 rings (SSSR count). The van der Waals surface area contributed by atoms with Crippen molar-refractivity contribution in [2.75, 3.05) is 20.5 Å². The molecule has 1 atom stereocenters. The Balaban J connectivity index is 2.27. The maximum atomic E-state index is 12.7. The van der Waals surface area contributed by atoms with Gasteiger partial charge in [0.25, 0.3) is 5.91 Å². The maximum absolute atomic E-state index is 12.7. The molecule has 138 valence electrons. The zero-order valence-electron chi connectivity index (χ0n) is 14.8. The van der Waals surface area contributed by atoms with Crippen LogP contribution in [0.2, 0.25) is 0 Å². The van der Waals surface area contributed by atoms with Crippen LogP contribution < -0.4 is 14.8 Å². The van der Waals surface area contributed by atoms with E-state index in [1.165, 1.54) is 14.2 Å². The van der Waals surface area contributed by atoms with Crippen molar-refractivity contribution in [3.63, 3.8) is 0 Å². The molecule has 0 aliphatic carbocycles. The second-order valence-electron chi connectivity index (χ2n) is 5.46. The first-order valence-electron chi connectivity index (χ1n) is 7.87. The van der Waals surface area contributed by atoms with E-state index in [0.29, 0.717) is 17.1 Å². The quantitative estimate of drug-likeness (QED) is 0.688. The second-order valence-corrected chi connectivity index (χ2v) is 6.34. The summed E-state index contributed by atoms with van der Waals surface area (Å²) in [5, 5.41) is 12.0. The lowest BCUT2D eigenvalue weighted by Crippen LogP contribution is -2.30. The zero-order valence-corrected chi connectivity index (χ0v) is 15.6. The Hall–Kier alpha value is -2.67. The van der Waals surface area contributed by atoms with Crippen LogP contribution in [0, 0.1) is 0 Å². The SMILES string of the molecule is COc1ccc(C(=O)NC(CC(=O)O)c2ccc(SC)cc2)c(OC)c1. The minimum Gasteiger partial charge on any atom is -0.497 e. The van der Waals surface area contributed by atoms with Gasteiger partial charge in [-0.15, -0.1) is 11.8 Å². The van der Waals surface area contributed by atoms with Crippen molar-refractivity contribution in [3.05, 3.63) is 53.6 Å². The van der Waals surface area contributed by atoms with Gasteiger partial charge in [-0.05, 0) is 36.1 Å². The Labute approximate surface area is 156 Å². The van der Waals surface area contributed by atoms with E-state index in [9.17, 15) is 14.7 Å². The molecular formula is C19H21NO5S. The fourth-order valence-electron chi connectivity index (χ4n) is 2.49. The lowest BCUT2D eigenvalue weighted by Gasteiger charge is -2.19. The smallest absolute Gasteiger partial charge is 0.305 e. The first-order valence-corrected chi connectivity index (χ1v) is 9.09. The van der Waals surface area contributed by atoms with Crippen molar-refractivity contribution >= 4 is 23.6 Å². The van der Waals surface area contributed by atoms with Gasteiger partial charge in [0.05, 0.1) is 32.2 Å². The minimum atomic E-state index is -0.995. The highest BCUT2D eigenvalue weighted by Crippen LogP contribution is 2.26. The number of methoxy groups -OCH3 is 2. The summed E-state index contributed by atoms with van der Waals surface area (Å²) in [6.07, 6.45) is 1.74. The van der Waals surface area contributed by atoms with Crippen LogP contribution in [-0.2, 0) is 4.79 Å². The summed E-state index contributed by atoms with van der Waals surface area (Å²) >= 11 is 1.59. The average molecular weight is 375 g/mol. The minimum absolute atomic E-state index is 0.219. The number of carbonyl (C=O) groups excluding carboxylic acids is 1. The van der Waals surface area contributed by atoms with Crippen LogP contribution in [0.5, 0.6) is 11.5 Å². The zero-order chi connectivity index (χ0) is 19.1. The van der Waals surface area contributed by atoms with Gasteiger partial charge in [-0.1, -0.05) is 12.1 Å². The molecule has 0 aromatic heterocycles. The molecule has 6 nitrogen and oxygen atoms in total. The van der Waals surface area contributed by atoms with Crippen molar-refractivity contribution in [1.82, 2.24) is 5.32 Å². The number of thioether (sulfide) groups is 1. The number of nitrogens with one attached hydrogen (secondary N) is 1. The molecule has 0 radical (unpaired) electrons. The summed E-state index contributed by atoms with van der Waals surface area (Å²) in [6.45, 7) is 0. The number of ether oxygens (including phenoxy) is 2.